The van der Waals surface area contributed by atoms with E-state index in [0.29, 0.717) is 32.8 Å². The lowest BCUT2D eigenvalue weighted by Gasteiger charge is -2.16. The van der Waals surface area contributed by atoms with Gasteiger partial charge in [-0.2, -0.15) is 0 Å². The van der Waals surface area contributed by atoms with Crippen LogP contribution in [0.2, 0.25) is 10.0 Å². The summed E-state index contributed by atoms with van der Waals surface area (Å²) in [5, 5.41) is 3.86. The number of anilines is 4. The molecular formula is C19H18Cl2N6O3. The molecule has 3 rings (SSSR count). The molecule has 0 aliphatic rings. The van der Waals surface area contributed by atoms with Gasteiger partial charge in [0, 0.05) is 16.7 Å². The Labute approximate surface area is 182 Å². The van der Waals surface area contributed by atoms with E-state index < -0.39 is 5.91 Å². The van der Waals surface area contributed by atoms with Gasteiger partial charge in [0.25, 0.3) is 5.91 Å². The summed E-state index contributed by atoms with van der Waals surface area (Å²) in [5.41, 5.74) is 12.4. The molecule has 3 aromatic rings. The van der Waals surface area contributed by atoms with Gasteiger partial charge >= 0.3 is 0 Å². The van der Waals surface area contributed by atoms with E-state index in [1.807, 2.05) is 0 Å². The summed E-state index contributed by atoms with van der Waals surface area (Å²) in [6, 6.07) is 9.76. The molecule has 1 aromatic heterocycles. The molecule has 156 valence electrons. The van der Waals surface area contributed by atoms with Crippen molar-refractivity contribution in [1.82, 2.24) is 15.4 Å². The van der Waals surface area contributed by atoms with E-state index >= 15 is 0 Å². The monoisotopic (exact) mass is 448 g/mol. The average molecular weight is 449 g/mol. The molecule has 0 saturated carbocycles. The molecule has 5 N–H and O–H groups in total. The van der Waals surface area contributed by atoms with Gasteiger partial charge in [-0.15, -0.1) is 0 Å². The number of amides is 1. The van der Waals surface area contributed by atoms with Crippen molar-refractivity contribution in [3.05, 3.63) is 58.3 Å². The van der Waals surface area contributed by atoms with E-state index in [1.165, 1.54) is 26.6 Å². The van der Waals surface area contributed by atoms with Crippen LogP contribution < -0.4 is 31.4 Å². The number of nitrogens with zero attached hydrogens (tertiary/aromatic N) is 2. The summed E-state index contributed by atoms with van der Waals surface area (Å²) in [4.78, 5) is 20.4. The van der Waals surface area contributed by atoms with E-state index in [0.717, 1.165) is 0 Å². The second kappa shape index (κ2) is 9.38. The third-order valence-corrected chi connectivity index (χ3v) is 4.52. The fourth-order valence-corrected chi connectivity index (χ4v) is 2.93. The minimum atomic E-state index is -0.409. The molecule has 0 aliphatic heterocycles. The fourth-order valence-electron chi connectivity index (χ4n) is 2.50. The Kier molecular flexibility index (Phi) is 6.65. The Bertz CT molecular complexity index is 1080. The number of nitrogens with two attached hydrogens (primary N) is 1. The van der Waals surface area contributed by atoms with Crippen molar-refractivity contribution in [1.29, 1.82) is 0 Å². The number of hydrogen-bond donors (Lipinski definition) is 4. The predicted octanol–water partition coefficient (Wildman–Crippen LogP) is 3.88. The quantitative estimate of drug-likeness (QED) is 0.401. The van der Waals surface area contributed by atoms with Gasteiger partial charge in [0.2, 0.25) is 0 Å². The minimum absolute atomic E-state index is 0.165. The fraction of sp³-hybridized carbons (Fsp3) is 0.105. The number of ether oxygens (including phenoxy) is 2. The molecule has 0 unspecified atom stereocenters. The van der Waals surface area contributed by atoms with Crippen molar-refractivity contribution < 1.29 is 14.3 Å². The molecule has 0 spiro atoms. The van der Waals surface area contributed by atoms with Crippen molar-refractivity contribution in [3.63, 3.8) is 0 Å². The maximum atomic E-state index is 12.3. The highest BCUT2D eigenvalue weighted by molar-refractivity contribution is 6.32. The zero-order chi connectivity index (χ0) is 21.7. The van der Waals surface area contributed by atoms with Crippen LogP contribution in [0.15, 0.2) is 42.7 Å². The van der Waals surface area contributed by atoms with Crippen LogP contribution >= 0.6 is 23.2 Å². The SMILES string of the molecule is COc1cc(OC)c(Nc2ncnc(NNC(=O)c3cccc(Cl)c3)c2N)cc1Cl. The summed E-state index contributed by atoms with van der Waals surface area (Å²) in [6.07, 6.45) is 1.28. The van der Waals surface area contributed by atoms with E-state index in [4.69, 9.17) is 38.4 Å². The van der Waals surface area contributed by atoms with Crippen LogP contribution in [0.4, 0.5) is 23.0 Å². The van der Waals surface area contributed by atoms with Gasteiger partial charge in [-0.1, -0.05) is 29.3 Å². The van der Waals surface area contributed by atoms with Crippen LogP contribution in [0.25, 0.3) is 0 Å². The van der Waals surface area contributed by atoms with Crippen molar-refractivity contribution in [2.75, 3.05) is 30.7 Å². The smallest absolute Gasteiger partial charge is 0.269 e. The maximum Gasteiger partial charge on any atom is 0.269 e. The lowest BCUT2D eigenvalue weighted by molar-refractivity contribution is 0.0962. The van der Waals surface area contributed by atoms with Gasteiger partial charge in [-0.05, 0) is 24.3 Å². The van der Waals surface area contributed by atoms with E-state index in [1.54, 1.807) is 30.3 Å². The Morgan fingerprint density at radius 1 is 1.03 bits per heavy atom. The van der Waals surface area contributed by atoms with Gasteiger partial charge in [0.05, 0.1) is 24.9 Å². The molecular weight excluding hydrogens is 431 g/mol. The number of methoxy groups -OCH3 is 2. The lowest BCUT2D eigenvalue weighted by Crippen LogP contribution is -2.30. The van der Waals surface area contributed by atoms with Gasteiger partial charge in [0.1, 0.15) is 23.5 Å². The molecule has 11 heteroatoms. The van der Waals surface area contributed by atoms with Gasteiger partial charge in [0.15, 0.2) is 11.6 Å². The standard InChI is InChI=1S/C19H18Cl2N6O3/c1-29-14-8-15(30-2)13(7-12(14)21)25-17-16(22)18(24-9-23-17)26-27-19(28)10-4-3-5-11(20)6-10/h3-9H,22H2,1-2H3,(H,27,28)(H2,23,24,25,26). The maximum absolute atomic E-state index is 12.3. The molecule has 1 amide bonds. The molecule has 0 aliphatic carbocycles. The molecule has 0 atom stereocenters. The first kappa shape index (κ1) is 21.3. The van der Waals surface area contributed by atoms with Gasteiger partial charge < -0.3 is 20.5 Å². The number of halogens is 2. The Morgan fingerprint density at radius 3 is 2.47 bits per heavy atom. The summed E-state index contributed by atoms with van der Waals surface area (Å²) in [7, 11) is 3.02. The van der Waals surface area contributed by atoms with Gasteiger partial charge in [-0.25, -0.2) is 9.97 Å². The van der Waals surface area contributed by atoms with E-state index in [9.17, 15) is 4.79 Å². The topological polar surface area (TPSA) is 123 Å². The number of carbonyl (C=O) groups excluding carboxylic acids is 1. The second-order valence-corrected chi connectivity index (χ2v) is 6.73. The zero-order valence-electron chi connectivity index (χ0n) is 16.0. The third kappa shape index (κ3) is 4.76. The Balaban J connectivity index is 1.79. The van der Waals surface area contributed by atoms with Crippen LogP contribution in [-0.4, -0.2) is 30.1 Å². The Morgan fingerprint density at radius 2 is 1.77 bits per heavy atom. The number of nitrogen functional groups attached to an aromatic ring is 1. The van der Waals surface area contributed by atoms with Crippen molar-refractivity contribution in [2.45, 2.75) is 0 Å². The van der Waals surface area contributed by atoms with Gasteiger partial charge in [-0.3, -0.25) is 15.6 Å². The van der Waals surface area contributed by atoms with Crippen LogP contribution in [0, 0.1) is 0 Å². The molecule has 2 aromatic carbocycles. The third-order valence-electron chi connectivity index (χ3n) is 3.99. The molecule has 0 fully saturated rings. The number of hydrogen-bond acceptors (Lipinski definition) is 8. The molecule has 30 heavy (non-hydrogen) atoms. The van der Waals surface area contributed by atoms with Crippen LogP contribution in [0.3, 0.4) is 0 Å². The summed E-state index contributed by atoms with van der Waals surface area (Å²) >= 11 is 12.1. The van der Waals surface area contributed by atoms with E-state index in [2.05, 4.69) is 26.1 Å². The average Bonchev–Trinajstić information content (AvgIpc) is 2.74. The number of carbonyl (C=O) groups is 1. The van der Waals surface area contributed by atoms with E-state index in [-0.39, 0.29) is 17.3 Å². The molecule has 0 radical (unpaired) electrons. The predicted molar refractivity (Wildman–Crippen MR) is 117 cm³/mol. The Hall–Kier alpha value is -3.43. The molecule has 9 nitrogen and oxygen atoms in total. The summed E-state index contributed by atoms with van der Waals surface area (Å²) < 4.78 is 10.5. The summed E-state index contributed by atoms with van der Waals surface area (Å²) in [6.45, 7) is 0. The van der Waals surface area contributed by atoms with Crippen LogP contribution in [0.1, 0.15) is 10.4 Å². The van der Waals surface area contributed by atoms with Crippen molar-refractivity contribution in [3.8, 4) is 11.5 Å². The first-order valence-corrected chi connectivity index (χ1v) is 9.29. The molecule has 0 bridgehead atoms. The normalized spacial score (nSPS) is 10.3. The van der Waals surface area contributed by atoms with Crippen LogP contribution in [0.5, 0.6) is 11.5 Å². The molecule has 0 saturated heterocycles. The van der Waals surface area contributed by atoms with Crippen molar-refractivity contribution >= 4 is 52.1 Å². The molecule has 1 heterocycles. The van der Waals surface area contributed by atoms with Crippen molar-refractivity contribution in [2.24, 2.45) is 0 Å². The highest BCUT2D eigenvalue weighted by atomic mass is 35.5. The number of rotatable bonds is 7. The number of benzene rings is 2. The zero-order valence-corrected chi connectivity index (χ0v) is 17.5. The number of hydrazine groups is 1. The summed E-state index contributed by atoms with van der Waals surface area (Å²) in [5.74, 6) is 0.998. The largest absolute Gasteiger partial charge is 0.495 e. The van der Waals surface area contributed by atoms with Crippen LogP contribution in [-0.2, 0) is 0 Å². The first-order chi connectivity index (χ1) is 14.4. The lowest BCUT2D eigenvalue weighted by atomic mass is 10.2. The minimum Gasteiger partial charge on any atom is -0.495 e. The highest BCUT2D eigenvalue weighted by Gasteiger charge is 2.15. The highest BCUT2D eigenvalue weighted by Crippen LogP contribution is 2.38. The second-order valence-electron chi connectivity index (χ2n) is 5.89. The number of aromatic nitrogens is 2. The number of nitrogens with one attached hydrogen (secondary N) is 3. The first-order valence-electron chi connectivity index (χ1n) is 8.54.